The van der Waals surface area contributed by atoms with Crippen LogP contribution in [0, 0.1) is 5.92 Å². The number of hydrogen-bond donors (Lipinski definition) is 1. The Morgan fingerprint density at radius 1 is 1.48 bits per heavy atom. The zero-order chi connectivity index (χ0) is 16.9. The summed E-state index contributed by atoms with van der Waals surface area (Å²) in [4.78, 5) is 12.3. The monoisotopic (exact) mass is 493 g/mol. The Hall–Kier alpha value is -0.800. The number of imidazole rings is 1. The van der Waals surface area contributed by atoms with Crippen molar-refractivity contribution in [2.24, 2.45) is 10.9 Å². The quantitative estimate of drug-likeness (QED) is 0.399. The molecule has 5 nitrogen and oxygen atoms in total. The van der Waals surface area contributed by atoms with Gasteiger partial charge in [0.05, 0.1) is 16.7 Å². The summed E-state index contributed by atoms with van der Waals surface area (Å²) in [6.45, 7) is 5.18. The third kappa shape index (κ3) is 5.34. The van der Waals surface area contributed by atoms with Gasteiger partial charge < -0.3 is 14.8 Å². The van der Waals surface area contributed by atoms with E-state index in [9.17, 15) is 0 Å². The van der Waals surface area contributed by atoms with Crippen LogP contribution in [0.5, 0.6) is 0 Å². The lowest BCUT2D eigenvalue weighted by molar-refractivity contribution is 0.189. The van der Waals surface area contributed by atoms with Crippen LogP contribution in [0.2, 0.25) is 4.34 Å². The minimum absolute atomic E-state index is 0. The molecule has 0 spiro atoms. The normalized spacial score (nSPS) is 21.1. The molecule has 2 aromatic rings. The molecular weight excluding hydrogens is 469 g/mol. The molecule has 1 aliphatic rings. The van der Waals surface area contributed by atoms with E-state index >= 15 is 0 Å². The van der Waals surface area contributed by atoms with Crippen LogP contribution in [0.4, 0.5) is 0 Å². The number of halogens is 2. The van der Waals surface area contributed by atoms with E-state index in [1.54, 1.807) is 11.3 Å². The lowest BCUT2D eigenvalue weighted by Gasteiger charge is -2.39. The first kappa shape index (κ1) is 20.5. The van der Waals surface area contributed by atoms with Gasteiger partial charge in [0.15, 0.2) is 5.96 Å². The Kier molecular flexibility index (Phi) is 8.02. The van der Waals surface area contributed by atoms with Crippen LogP contribution >= 0.6 is 46.9 Å². The second-order valence-corrected chi connectivity index (χ2v) is 8.02. The van der Waals surface area contributed by atoms with E-state index in [1.807, 2.05) is 25.6 Å². The van der Waals surface area contributed by atoms with Crippen molar-refractivity contribution in [3.8, 4) is 0 Å². The van der Waals surface area contributed by atoms with Gasteiger partial charge in [0.2, 0.25) is 0 Å². The first-order valence-electron chi connectivity index (χ1n) is 8.34. The van der Waals surface area contributed by atoms with Crippen molar-refractivity contribution in [2.75, 3.05) is 26.7 Å². The highest BCUT2D eigenvalue weighted by Gasteiger charge is 2.28. The molecule has 25 heavy (non-hydrogen) atoms. The summed E-state index contributed by atoms with van der Waals surface area (Å²) < 4.78 is 3.07. The van der Waals surface area contributed by atoms with Crippen molar-refractivity contribution in [3.63, 3.8) is 0 Å². The van der Waals surface area contributed by atoms with Crippen LogP contribution in [0.25, 0.3) is 0 Å². The number of aromatic nitrogens is 2. The molecule has 0 bridgehead atoms. The number of nitrogens with one attached hydrogen (secondary N) is 1. The lowest BCUT2D eigenvalue weighted by Crippen LogP contribution is -2.49. The summed E-state index contributed by atoms with van der Waals surface area (Å²) in [5.74, 6) is 1.62. The molecule has 0 saturated carbocycles. The van der Waals surface area contributed by atoms with Crippen molar-refractivity contribution >= 4 is 52.9 Å². The van der Waals surface area contributed by atoms with Gasteiger partial charge in [-0.05, 0) is 30.9 Å². The average Bonchev–Trinajstić information content (AvgIpc) is 3.24. The molecule has 8 heteroatoms. The highest BCUT2D eigenvalue weighted by atomic mass is 127. The molecule has 0 aliphatic carbocycles. The van der Waals surface area contributed by atoms with E-state index in [0.717, 1.165) is 42.8 Å². The number of aliphatic imine (C=N–C) groups is 1. The summed E-state index contributed by atoms with van der Waals surface area (Å²) in [5.41, 5.74) is 0. The molecule has 0 radical (unpaired) electrons. The highest BCUT2D eigenvalue weighted by Crippen LogP contribution is 2.27. The third-order valence-electron chi connectivity index (χ3n) is 4.62. The molecule has 0 aromatic carbocycles. The van der Waals surface area contributed by atoms with Gasteiger partial charge in [0.1, 0.15) is 0 Å². The molecule has 138 valence electrons. The van der Waals surface area contributed by atoms with Crippen LogP contribution in [-0.2, 0) is 6.42 Å². The van der Waals surface area contributed by atoms with E-state index in [4.69, 9.17) is 11.6 Å². The largest absolute Gasteiger partial charge is 0.356 e. The maximum Gasteiger partial charge on any atom is 0.193 e. The molecule has 1 fully saturated rings. The number of guanidine groups is 1. The molecule has 1 aliphatic heterocycles. The van der Waals surface area contributed by atoms with Gasteiger partial charge in [-0.15, -0.1) is 35.3 Å². The molecule has 0 amide bonds. The first-order valence-corrected chi connectivity index (χ1v) is 9.54. The molecule has 2 aromatic heterocycles. The average molecular weight is 494 g/mol. The Morgan fingerprint density at radius 3 is 2.96 bits per heavy atom. The summed E-state index contributed by atoms with van der Waals surface area (Å²) in [6.07, 6.45) is 7.95. The fourth-order valence-corrected chi connectivity index (χ4v) is 4.30. The van der Waals surface area contributed by atoms with Crippen LogP contribution in [0.15, 0.2) is 35.8 Å². The SMILES string of the molecule is CN=C(NCCc1ccc(Cl)s1)N1CCC(C)C(n2ccnc2)C1.I. The van der Waals surface area contributed by atoms with E-state index < -0.39 is 0 Å². The molecule has 3 rings (SSSR count). The van der Waals surface area contributed by atoms with E-state index in [1.165, 1.54) is 4.88 Å². The maximum atomic E-state index is 5.99. The molecule has 3 heterocycles. The van der Waals surface area contributed by atoms with E-state index in [2.05, 4.69) is 43.9 Å². The van der Waals surface area contributed by atoms with Crippen molar-refractivity contribution in [3.05, 3.63) is 40.1 Å². The number of hydrogen-bond acceptors (Lipinski definition) is 3. The number of rotatable bonds is 4. The molecule has 1 saturated heterocycles. The fraction of sp³-hybridized carbons (Fsp3) is 0.529. The van der Waals surface area contributed by atoms with Gasteiger partial charge in [-0.1, -0.05) is 18.5 Å². The number of likely N-dealkylation sites (tertiary alicyclic amines) is 1. The molecular formula is C17H25ClIN5S. The topological polar surface area (TPSA) is 45.5 Å². The summed E-state index contributed by atoms with van der Waals surface area (Å²) in [7, 11) is 1.86. The predicted octanol–water partition coefficient (Wildman–Crippen LogP) is 3.92. The Bertz CT molecular complexity index is 672. The van der Waals surface area contributed by atoms with Crippen molar-refractivity contribution in [2.45, 2.75) is 25.8 Å². The van der Waals surface area contributed by atoms with Crippen molar-refractivity contribution < 1.29 is 0 Å². The van der Waals surface area contributed by atoms with Crippen LogP contribution in [0.1, 0.15) is 24.3 Å². The zero-order valence-corrected chi connectivity index (χ0v) is 18.5. The fourth-order valence-electron chi connectivity index (χ4n) is 3.21. The van der Waals surface area contributed by atoms with Crippen LogP contribution in [0.3, 0.4) is 0 Å². The number of nitrogens with zero attached hydrogens (tertiary/aromatic N) is 4. The van der Waals surface area contributed by atoms with Gasteiger partial charge in [0.25, 0.3) is 0 Å². The maximum absolute atomic E-state index is 5.99. The van der Waals surface area contributed by atoms with Gasteiger partial charge in [0, 0.05) is 44.0 Å². The van der Waals surface area contributed by atoms with Crippen LogP contribution < -0.4 is 5.32 Å². The van der Waals surface area contributed by atoms with Crippen LogP contribution in [-0.4, -0.2) is 47.1 Å². The second-order valence-electron chi connectivity index (χ2n) is 6.22. The Balaban J connectivity index is 0.00000225. The molecule has 1 N–H and O–H groups in total. The minimum atomic E-state index is 0. The van der Waals surface area contributed by atoms with Gasteiger partial charge in [-0.2, -0.15) is 0 Å². The van der Waals surface area contributed by atoms with Crippen molar-refractivity contribution in [1.29, 1.82) is 0 Å². The minimum Gasteiger partial charge on any atom is -0.356 e. The van der Waals surface area contributed by atoms with E-state index in [-0.39, 0.29) is 24.0 Å². The van der Waals surface area contributed by atoms with Crippen molar-refractivity contribution in [1.82, 2.24) is 19.8 Å². The first-order chi connectivity index (χ1) is 11.7. The highest BCUT2D eigenvalue weighted by molar-refractivity contribution is 14.0. The third-order valence-corrected chi connectivity index (χ3v) is 5.91. The van der Waals surface area contributed by atoms with E-state index in [0.29, 0.717) is 12.0 Å². The Morgan fingerprint density at radius 2 is 2.32 bits per heavy atom. The summed E-state index contributed by atoms with van der Waals surface area (Å²) in [6, 6.07) is 4.49. The predicted molar refractivity (Wildman–Crippen MR) is 116 cm³/mol. The lowest BCUT2D eigenvalue weighted by atomic mass is 9.93. The number of piperidine rings is 1. The molecule has 2 atom stereocenters. The zero-order valence-electron chi connectivity index (χ0n) is 14.6. The Labute approximate surface area is 175 Å². The second kappa shape index (κ2) is 9.78. The van der Waals surface area contributed by atoms with Gasteiger partial charge >= 0.3 is 0 Å². The van der Waals surface area contributed by atoms with Gasteiger partial charge in [-0.25, -0.2) is 4.98 Å². The van der Waals surface area contributed by atoms with Gasteiger partial charge in [-0.3, -0.25) is 4.99 Å². The summed E-state index contributed by atoms with van der Waals surface area (Å²) in [5, 5.41) is 3.49. The number of thiophene rings is 1. The summed E-state index contributed by atoms with van der Waals surface area (Å²) >= 11 is 7.63. The smallest absolute Gasteiger partial charge is 0.193 e. The molecule has 2 unspecified atom stereocenters. The standard InChI is InChI=1S/C17H24ClN5S.HI/c1-13-6-9-22(11-15(13)23-10-8-20-12-23)17(19-2)21-7-5-14-3-4-16(18)24-14;/h3-4,8,10,12-13,15H,5-7,9,11H2,1-2H3,(H,19,21);1H.